The molecule has 4 rings (SSSR count). The Morgan fingerprint density at radius 2 is 1.97 bits per heavy atom. The highest BCUT2D eigenvalue weighted by atomic mass is 16.5. The summed E-state index contributed by atoms with van der Waals surface area (Å²) in [6.45, 7) is 7.20. The molecule has 0 amide bonds. The molecule has 0 unspecified atom stereocenters. The lowest BCUT2D eigenvalue weighted by Crippen LogP contribution is -2.33. The van der Waals surface area contributed by atoms with Crippen LogP contribution >= 0.6 is 0 Å². The van der Waals surface area contributed by atoms with Crippen LogP contribution in [0.15, 0.2) is 47.5 Å². The zero-order valence-electron chi connectivity index (χ0n) is 17.8. The van der Waals surface area contributed by atoms with Crippen molar-refractivity contribution in [2.75, 3.05) is 20.2 Å². The first-order valence-corrected chi connectivity index (χ1v) is 10.4. The number of piperidine rings is 1. The van der Waals surface area contributed by atoms with Crippen LogP contribution in [0.1, 0.15) is 41.1 Å². The fraction of sp³-hybridized carbons (Fsp3) is 0.375. The number of rotatable bonds is 5. The Kier molecular flexibility index (Phi) is 5.95. The minimum atomic E-state index is -0.106. The van der Waals surface area contributed by atoms with Crippen molar-refractivity contribution in [3.63, 3.8) is 0 Å². The van der Waals surface area contributed by atoms with Gasteiger partial charge in [0.1, 0.15) is 11.6 Å². The van der Waals surface area contributed by atoms with E-state index in [1.54, 1.807) is 25.6 Å². The maximum absolute atomic E-state index is 12.2. The Balaban J connectivity index is 1.45. The van der Waals surface area contributed by atoms with E-state index in [1.165, 1.54) is 16.7 Å². The molecule has 6 heteroatoms. The van der Waals surface area contributed by atoms with Gasteiger partial charge in [0, 0.05) is 36.5 Å². The first kappa shape index (κ1) is 20.3. The van der Waals surface area contributed by atoms with Gasteiger partial charge in [0.25, 0.3) is 5.56 Å². The van der Waals surface area contributed by atoms with Crippen molar-refractivity contribution in [2.24, 2.45) is 0 Å². The molecule has 1 fully saturated rings. The Bertz CT molecular complexity index is 1070. The van der Waals surface area contributed by atoms with Crippen LogP contribution in [0.4, 0.5) is 0 Å². The number of aromatic amines is 1. The van der Waals surface area contributed by atoms with Gasteiger partial charge in [-0.05, 0) is 74.7 Å². The summed E-state index contributed by atoms with van der Waals surface area (Å²) in [5.74, 6) is 1.84. The quantitative estimate of drug-likeness (QED) is 0.700. The third kappa shape index (κ3) is 4.28. The topological polar surface area (TPSA) is 71.1 Å². The molecule has 0 atom stereocenters. The molecule has 1 aromatic carbocycles. The largest absolute Gasteiger partial charge is 0.496 e. The van der Waals surface area contributed by atoms with Crippen molar-refractivity contribution >= 4 is 0 Å². The van der Waals surface area contributed by atoms with E-state index in [0.29, 0.717) is 11.7 Å². The monoisotopic (exact) mass is 404 g/mol. The molecular formula is C24H28N4O2. The molecule has 0 bridgehead atoms. The Morgan fingerprint density at radius 3 is 2.67 bits per heavy atom. The van der Waals surface area contributed by atoms with Crippen LogP contribution in [-0.4, -0.2) is 40.1 Å². The average Bonchev–Trinajstić information content (AvgIpc) is 2.78. The van der Waals surface area contributed by atoms with Crippen molar-refractivity contribution < 1.29 is 4.74 Å². The summed E-state index contributed by atoms with van der Waals surface area (Å²) in [5.41, 5.74) is 5.47. The SMILES string of the molecule is COc1ccc(CN2CCC(c3cc(=O)[nH]c(-c4cccnc4)n3)CC2)c(C)c1C. The van der Waals surface area contributed by atoms with Crippen molar-refractivity contribution in [1.82, 2.24) is 19.9 Å². The average molecular weight is 405 g/mol. The second-order valence-electron chi connectivity index (χ2n) is 7.99. The molecule has 6 nitrogen and oxygen atoms in total. The van der Waals surface area contributed by atoms with Gasteiger partial charge in [-0.3, -0.25) is 14.7 Å². The van der Waals surface area contributed by atoms with Gasteiger partial charge in [-0.2, -0.15) is 0 Å². The summed E-state index contributed by atoms with van der Waals surface area (Å²) in [6.07, 6.45) is 5.44. The fourth-order valence-electron chi connectivity index (χ4n) is 4.20. The highest BCUT2D eigenvalue weighted by Crippen LogP contribution is 2.29. The number of nitrogens with one attached hydrogen (secondary N) is 1. The van der Waals surface area contributed by atoms with Gasteiger partial charge >= 0.3 is 0 Å². The number of H-pyrrole nitrogens is 1. The number of hydrogen-bond acceptors (Lipinski definition) is 5. The summed E-state index contributed by atoms with van der Waals surface area (Å²) in [5, 5.41) is 0. The van der Waals surface area contributed by atoms with Crippen molar-refractivity contribution in [2.45, 2.75) is 39.2 Å². The molecule has 2 aromatic heterocycles. The second-order valence-corrected chi connectivity index (χ2v) is 7.99. The Morgan fingerprint density at radius 1 is 1.17 bits per heavy atom. The van der Waals surface area contributed by atoms with Crippen LogP contribution in [0.2, 0.25) is 0 Å². The van der Waals surface area contributed by atoms with Crippen LogP contribution in [0, 0.1) is 13.8 Å². The lowest BCUT2D eigenvalue weighted by molar-refractivity contribution is 0.203. The summed E-state index contributed by atoms with van der Waals surface area (Å²) in [4.78, 5) is 26.4. The third-order valence-electron chi connectivity index (χ3n) is 6.17. The van der Waals surface area contributed by atoms with Crippen LogP contribution in [-0.2, 0) is 6.54 Å². The van der Waals surface area contributed by atoms with Gasteiger partial charge in [0.15, 0.2) is 0 Å². The smallest absolute Gasteiger partial charge is 0.251 e. The van der Waals surface area contributed by atoms with Crippen LogP contribution in [0.5, 0.6) is 5.75 Å². The van der Waals surface area contributed by atoms with Crippen molar-refractivity contribution in [1.29, 1.82) is 0 Å². The number of methoxy groups -OCH3 is 1. The first-order chi connectivity index (χ1) is 14.5. The fourth-order valence-corrected chi connectivity index (χ4v) is 4.20. The molecule has 0 radical (unpaired) electrons. The van der Waals surface area contributed by atoms with E-state index in [0.717, 1.165) is 49.5 Å². The first-order valence-electron chi connectivity index (χ1n) is 10.4. The van der Waals surface area contributed by atoms with Gasteiger partial charge in [-0.25, -0.2) is 4.98 Å². The number of likely N-dealkylation sites (tertiary alicyclic amines) is 1. The molecular weight excluding hydrogens is 376 g/mol. The van der Waals surface area contributed by atoms with E-state index >= 15 is 0 Å². The summed E-state index contributed by atoms with van der Waals surface area (Å²) in [6, 6.07) is 9.65. The van der Waals surface area contributed by atoms with Crippen LogP contribution in [0.3, 0.4) is 0 Å². The van der Waals surface area contributed by atoms with E-state index in [4.69, 9.17) is 9.72 Å². The van der Waals surface area contributed by atoms with Crippen molar-refractivity contribution in [3.05, 3.63) is 75.5 Å². The van der Waals surface area contributed by atoms with E-state index in [1.807, 2.05) is 12.1 Å². The molecule has 1 saturated heterocycles. The maximum Gasteiger partial charge on any atom is 0.251 e. The van der Waals surface area contributed by atoms with Crippen LogP contribution in [0.25, 0.3) is 11.4 Å². The van der Waals surface area contributed by atoms with Gasteiger partial charge < -0.3 is 9.72 Å². The minimum Gasteiger partial charge on any atom is -0.496 e. The number of hydrogen-bond donors (Lipinski definition) is 1. The Labute approximate surface area is 177 Å². The zero-order chi connectivity index (χ0) is 21.1. The molecule has 3 aromatic rings. The molecule has 30 heavy (non-hydrogen) atoms. The van der Waals surface area contributed by atoms with Crippen LogP contribution < -0.4 is 10.3 Å². The maximum atomic E-state index is 12.2. The van der Waals surface area contributed by atoms with Gasteiger partial charge in [0.05, 0.1) is 12.8 Å². The molecule has 156 valence electrons. The van der Waals surface area contributed by atoms with Gasteiger partial charge in [-0.15, -0.1) is 0 Å². The minimum absolute atomic E-state index is 0.106. The van der Waals surface area contributed by atoms with Gasteiger partial charge in [0.2, 0.25) is 0 Å². The highest BCUT2D eigenvalue weighted by molar-refractivity contribution is 5.52. The number of aromatic nitrogens is 3. The molecule has 1 N–H and O–H groups in total. The third-order valence-corrected chi connectivity index (χ3v) is 6.17. The predicted molar refractivity (Wildman–Crippen MR) is 118 cm³/mol. The normalized spacial score (nSPS) is 15.3. The van der Waals surface area contributed by atoms with E-state index in [-0.39, 0.29) is 5.56 Å². The van der Waals surface area contributed by atoms with E-state index < -0.39 is 0 Å². The van der Waals surface area contributed by atoms with E-state index in [2.05, 4.69) is 40.8 Å². The number of benzene rings is 1. The summed E-state index contributed by atoms with van der Waals surface area (Å²) < 4.78 is 5.43. The summed E-state index contributed by atoms with van der Waals surface area (Å²) >= 11 is 0. The predicted octanol–water partition coefficient (Wildman–Crippen LogP) is 3.84. The molecule has 1 aliphatic heterocycles. The Hall–Kier alpha value is -2.99. The molecule has 0 aliphatic carbocycles. The standard InChI is InChI=1S/C24H28N4O2/c1-16-17(2)22(30-3)7-6-20(16)15-28-11-8-18(9-12-28)21-13-23(29)27-24(26-21)19-5-4-10-25-14-19/h4-7,10,13-14,18H,8-9,11-12,15H2,1-3H3,(H,26,27,29). The lowest BCUT2D eigenvalue weighted by atomic mass is 9.92. The molecule has 0 spiro atoms. The van der Waals surface area contributed by atoms with E-state index in [9.17, 15) is 4.79 Å². The zero-order valence-corrected chi connectivity index (χ0v) is 17.8. The molecule has 1 aliphatic rings. The number of pyridine rings is 1. The summed E-state index contributed by atoms with van der Waals surface area (Å²) in [7, 11) is 1.72. The highest BCUT2D eigenvalue weighted by Gasteiger charge is 2.23. The molecule has 3 heterocycles. The second kappa shape index (κ2) is 8.79. The molecule has 0 saturated carbocycles. The van der Waals surface area contributed by atoms with Gasteiger partial charge in [-0.1, -0.05) is 6.07 Å². The number of ether oxygens (including phenoxy) is 1. The lowest BCUT2D eigenvalue weighted by Gasteiger charge is -2.32. The van der Waals surface area contributed by atoms with Crippen molar-refractivity contribution in [3.8, 4) is 17.1 Å². The number of nitrogens with zero attached hydrogens (tertiary/aromatic N) is 3.